The Hall–Kier alpha value is -2.44. The van der Waals surface area contributed by atoms with Gasteiger partial charge in [0.05, 0.1) is 19.3 Å². The molecule has 0 radical (unpaired) electrons. The summed E-state index contributed by atoms with van der Waals surface area (Å²) in [7, 11) is 4.06. The summed E-state index contributed by atoms with van der Waals surface area (Å²) in [5, 5.41) is 3.07. The molecule has 1 unspecified atom stereocenters. The van der Waals surface area contributed by atoms with Crippen molar-refractivity contribution >= 4 is 11.6 Å². The van der Waals surface area contributed by atoms with Crippen LogP contribution < -0.4 is 10.2 Å². The quantitative estimate of drug-likeness (QED) is 0.859. The first-order valence-corrected chi connectivity index (χ1v) is 8.92. The van der Waals surface area contributed by atoms with Crippen LogP contribution >= 0.6 is 0 Å². The molecule has 0 spiro atoms. The van der Waals surface area contributed by atoms with Crippen molar-refractivity contribution in [3.8, 4) is 0 Å². The fourth-order valence-corrected chi connectivity index (χ4v) is 3.14. The van der Waals surface area contributed by atoms with Gasteiger partial charge < -0.3 is 15.0 Å². The minimum absolute atomic E-state index is 0.0735. The predicted octanol–water partition coefficient (Wildman–Crippen LogP) is 1.95. The Kier molecular flexibility index (Phi) is 6.20. The van der Waals surface area contributed by atoms with Gasteiger partial charge in [0.25, 0.3) is 5.91 Å². The van der Waals surface area contributed by atoms with Gasteiger partial charge in [-0.2, -0.15) is 0 Å². The highest BCUT2D eigenvalue weighted by atomic mass is 16.5. The summed E-state index contributed by atoms with van der Waals surface area (Å²) in [5.41, 5.74) is 2.99. The number of pyridine rings is 1. The molecule has 0 saturated carbocycles. The number of carbonyl (C=O) groups is 1. The van der Waals surface area contributed by atoms with Gasteiger partial charge in [0.2, 0.25) is 0 Å². The molecule has 1 saturated heterocycles. The number of hydrogen-bond acceptors (Lipinski definition) is 5. The average Bonchev–Trinajstić information content (AvgIpc) is 2.70. The first-order valence-electron chi connectivity index (χ1n) is 8.92. The van der Waals surface area contributed by atoms with E-state index in [2.05, 4.69) is 44.4 Å². The molecule has 26 heavy (non-hydrogen) atoms. The van der Waals surface area contributed by atoms with Crippen molar-refractivity contribution < 1.29 is 9.53 Å². The molecule has 1 amide bonds. The molecule has 1 atom stereocenters. The number of nitrogens with one attached hydrogen (secondary N) is 1. The maximum Gasteiger partial charge on any atom is 0.251 e. The number of carbonyl (C=O) groups excluding carboxylic acids is 1. The molecule has 6 heteroatoms. The van der Waals surface area contributed by atoms with Crippen LogP contribution in [0, 0.1) is 0 Å². The van der Waals surface area contributed by atoms with Crippen LogP contribution in [-0.4, -0.2) is 62.7 Å². The van der Waals surface area contributed by atoms with Crippen molar-refractivity contribution in [2.45, 2.75) is 6.04 Å². The molecule has 2 heterocycles. The van der Waals surface area contributed by atoms with Gasteiger partial charge in [-0.3, -0.25) is 14.7 Å². The molecule has 6 nitrogen and oxygen atoms in total. The predicted molar refractivity (Wildman–Crippen MR) is 102 cm³/mol. The number of benzene rings is 1. The van der Waals surface area contributed by atoms with E-state index in [1.165, 1.54) is 5.56 Å². The number of amides is 1. The molecule has 1 aromatic heterocycles. The third-order valence-electron chi connectivity index (χ3n) is 4.68. The monoisotopic (exact) mass is 354 g/mol. The van der Waals surface area contributed by atoms with E-state index in [1.54, 1.807) is 24.5 Å². The smallest absolute Gasteiger partial charge is 0.251 e. The summed E-state index contributed by atoms with van der Waals surface area (Å²) in [5.74, 6) is -0.0735. The van der Waals surface area contributed by atoms with Crippen LogP contribution in [0.15, 0.2) is 48.8 Å². The van der Waals surface area contributed by atoms with Crippen molar-refractivity contribution in [1.82, 2.24) is 15.2 Å². The largest absolute Gasteiger partial charge is 0.379 e. The minimum atomic E-state index is -0.0735. The summed E-state index contributed by atoms with van der Waals surface area (Å²) >= 11 is 0. The molecule has 1 aliphatic heterocycles. The Bertz CT molecular complexity index is 698. The molecule has 3 rings (SSSR count). The molecular weight excluding hydrogens is 328 g/mol. The fraction of sp³-hybridized carbons (Fsp3) is 0.400. The fourth-order valence-electron chi connectivity index (χ4n) is 3.14. The first-order chi connectivity index (χ1) is 12.6. The molecule has 138 valence electrons. The Morgan fingerprint density at radius 1 is 1.15 bits per heavy atom. The summed E-state index contributed by atoms with van der Waals surface area (Å²) in [6.45, 7) is 3.74. The molecular formula is C20H26N4O2. The molecule has 1 aromatic carbocycles. The van der Waals surface area contributed by atoms with Gasteiger partial charge in [-0.25, -0.2) is 0 Å². The van der Waals surface area contributed by atoms with Crippen LogP contribution in [-0.2, 0) is 4.74 Å². The summed E-state index contributed by atoms with van der Waals surface area (Å²) in [6.07, 6.45) is 3.27. The molecule has 2 aromatic rings. The van der Waals surface area contributed by atoms with E-state index in [9.17, 15) is 4.79 Å². The Balaban J connectivity index is 1.73. The van der Waals surface area contributed by atoms with Crippen LogP contribution in [0.4, 0.5) is 5.69 Å². The van der Waals surface area contributed by atoms with E-state index in [1.807, 2.05) is 14.1 Å². The van der Waals surface area contributed by atoms with Gasteiger partial charge in [-0.1, -0.05) is 12.1 Å². The molecule has 1 N–H and O–H groups in total. The lowest BCUT2D eigenvalue weighted by molar-refractivity contribution is 0.0162. The summed E-state index contributed by atoms with van der Waals surface area (Å²) in [4.78, 5) is 20.8. The third kappa shape index (κ3) is 4.59. The first kappa shape index (κ1) is 18.4. The highest BCUT2D eigenvalue weighted by Crippen LogP contribution is 2.24. The van der Waals surface area contributed by atoms with Crippen molar-refractivity contribution in [2.24, 2.45) is 0 Å². The topological polar surface area (TPSA) is 57.7 Å². The number of rotatable bonds is 6. The SMILES string of the molecule is CN(C)c1ccc(C(CNC(=O)c2ccncc2)N2CCOCC2)cc1. The van der Waals surface area contributed by atoms with Crippen LogP contribution in [0.1, 0.15) is 22.0 Å². The van der Waals surface area contributed by atoms with E-state index in [4.69, 9.17) is 4.74 Å². The van der Waals surface area contributed by atoms with Crippen molar-refractivity contribution in [3.63, 3.8) is 0 Å². The lowest BCUT2D eigenvalue weighted by Gasteiger charge is -2.35. The number of morpholine rings is 1. The Morgan fingerprint density at radius 3 is 2.42 bits per heavy atom. The normalized spacial score (nSPS) is 16.1. The van der Waals surface area contributed by atoms with Crippen molar-refractivity contribution in [3.05, 3.63) is 59.9 Å². The van der Waals surface area contributed by atoms with E-state index >= 15 is 0 Å². The second-order valence-corrected chi connectivity index (χ2v) is 6.60. The van der Waals surface area contributed by atoms with Gasteiger partial charge in [0.1, 0.15) is 0 Å². The Labute approximate surface area is 154 Å². The Morgan fingerprint density at radius 2 is 1.81 bits per heavy atom. The molecule has 0 bridgehead atoms. The van der Waals surface area contributed by atoms with E-state index in [0.717, 1.165) is 32.0 Å². The second kappa shape index (κ2) is 8.78. The lowest BCUT2D eigenvalue weighted by Crippen LogP contribution is -2.43. The number of aromatic nitrogens is 1. The van der Waals surface area contributed by atoms with Gasteiger partial charge in [-0.05, 0) is 29.8 Å². The highest BCUT2D eigenvalue weighted by Gasteiger charge is 2.23. The van der Waals surface area contributed by atoms with Gasteiger partial charge in [0, 0.05) is 57.4 Å². The maximum atomic E-state index is 12.4. The lowest BCUT2D eigenvalue weighted by atomic mass is 10.0. The van der Waals surface area contributed by atoms with Gasteiger partial charge >= 0.3 is 0 Å². The summed E-state index contributed by atoms with van der Waals surface area (Å²) < 4.78 is 5.49. The average molecular weight is 354 g/mol. The van der Waals surface area contributed by atoms with Crippen molar-refractivity contribution in [1.29, 1.82) is 0 Å². The molecule has 0 aliphatic carbocycles. The number of anilines is 1. The molecule has 1 fully saturated rings. The van der Waals surface area contributed by atoms with E-state index in [0.29, 0.717) is 12.1 Å². The van der Waals surface area contributed by atoms with Gasteiger partial charge in [0.15, 0.2) is 0 Å². The van der Waals surface area contributed by atoms with E-state index < -0.39 is 0 Å². The second-order valence-electron chi connectivity index (χ2n) is 6.60. The maximum absolute atomic E-state index is 12.4. The standard InChI is InChI=1S/C20H26N4O2/c1-23(2)18-5-3-16(4-6-18)19(24-11-13-26-14-12-24)15-22-20(25)17-7-9-21-10-8-17/h3-10,19H,11-15H2,1-2H3,(H,22,25). The molecule has 1 aliphatic rings. The zero-order valence-electron chi connectivity index (χ0n) is 15.4. The summed E-state index contributed by atoms with van der Waals surface area (Å²) in [6, 6.07) is 12.1. The van der Waals surface area contributed by atoms with Crippen molar-refractivity contribution in [2.75, 3.05) is 51.8 Å². The zero-order valence-corrected chi connectivity index (χ0v) is 15.4. The van der Waals surface area contributed by atoms with Crippen LogP contribution in [0.2, 0.25) is 0 Å². The van der Waals surface area contributed by atoms with E-state index in [-0.39, 0.29) is 11.9 Å². The third-order valence-corrected chi connectivity index (χ3v) is 4.68. The number of hydrogen-bond donors (Lipinski definition) is 1. The van der Waals surface area contributed by atoms with Crippen LogP contribution in [0.3, 0.4) is 0 Å². The highest BCUT2D eigenvalue weighted by molar-refractivity contribution is 5.93. The van der Waals surface area contributed by atoms with Crippen LogP contribution in [0.25, 0.3) is 0 Å². The number of ether oxygens (including phenoxy) is 1. The number of nitrogens with zero attached hydrogens (tertiary/aromatic N) is 3. The minimum Gasteiger partial charge on any atom is -0.379 e. The zero-order chi connectivity index (χ0) is 18.4. The van der Waals surface area contributed by atoms with Gasteiger partial charge in [-0.15, -0.1) is 0 Å². The van der Waals surface area contributed by atoms with Crippen LogP contribution in [0.5, 0.6) is 0 Å².